The fourth-order valence-electron chi connectivity index (χ4n) is 1.85. The van der Waals surface area contributed by atoms with Gasteiger partial charge >= 0.3 is 0 Å². The van der Waals surface area contributed by atoms with Crippen molar-refractivity contribution in [3.8, 4) is 5.75 Å². The number of methoxy groups -OCH3 is 1. The van der Waals surface area contributed by atoms with Crippen LogP contribution in [0.15, 0.2) is 36.4 Å². The lowest BCUT2D eigenvalue weighted by atomic mass is 10.1. The highest BCUT2D eigenvalue weighted by molar-refractivity contribution is 6.30. The van der Waals surface area contributed by atoms with Crippen LogP contribution in [0, 0.1) is 5.82 Å². The van der Waals surface area contributed by atoms with Crippen molar-refractivity contribution in [1.82, 2.24) is 0 Å². The number of rotatable bonds is 5. The fraction of sp³-hybridized carbons (Fsp3) is 0.133. The third-order valence-electron chi connectivity index (χ3n) is 2.97. The minimum absolute atomic E-state index is 0.224. The summed E-state index contributed by atoms with van der Waals surface area (Å²) in [6.45, 7) is 0.224. The van der Waals surface area contributed by atoms with Crippen LogP contribution >= 0.6 is 11.6 Å². The summed E-state index contributed by atoms with van der Waals surface area (Å²) in [4.78, 5) is 11.2. The van der Waals surface area contributed by atoms with Gasteiger partial charge in [0.15, 0.2) is 0 Å². The summed E-state index contributed by atoms with van der Waals surface area (Å²) in [6.07, 6.45) is 0. The predicted octanol–water partition coefficient (Wildman–Crippen LogP) is 3.20. The van der Waals surface area contributed by atoms with Gasteiger partial charge in [-0.05, 0) is 30.3 Å². The summed E-state index contributed by atoms with van der Waals surface area (Å²) in [7, 11) is 1.51. The van der Waals surface area contributed by atoms with E-state index in [2.05, 4.69) is 5.32 Å². The van der Waals surface area contributed by atoms with E-state index in [1.807, 2.05) is 0 Å². The lowest BCUT2D eigenvalue weighted by Crippen LogP contribution is -2.12. The lowest BCUT2D eigenvalue weighted by molar-refractivity contribution is 0.100. The van der Waals surface area contributed by atoms with Crippen LogP contribution in [0.2, 0.25) is 5.02 Å². The minimum Gasteiger partial charge on any atom is -0.495 e. The average molecular weight is 309 g/mol. The van der Waals surface area contributed by atoms with Crippen molar-refractivity contribution in [2.75, 3.05) is 12.4 Å². The number of primary amides is 1. The summed E-state index contributed by atoms with van der Waals surface area (Å²) in [6, 6.07) is 9.20. The first kappa shape index (κ1) is 15.1. The number of amides is 1. The van der Waals surface area contributed by atoms with Gasteiger partial charge in [-0.1, -0.05) is 17.7 Å². The van der Waals surface area contributed by atoms with Gasteiger partial charge in [-0.2, -0.15) is 0 Å². The maximum absolute atomic E-state index is 13.7. The second-order valence-corrected chi connectivity index (χ2v) is 4.81. The molecule has 21 heavy (non-hydrogen) atoms. The van der Waals surface area contributed by atoms with Crippen molar-refractivity contribution in [1.29, 1.82) is 0 Å². The van der Waals surface area contributed by atoms with E-state index in [9.17, 15) is 9.18 Å². The molecule has 3 N–H and O–H groups in total. The number of carbonyl (C=O) groups is 1. The van der Waals surface area contributed by atoms with E-state index in [4.69, 9.17) is 22.1 Å². The number of anilines is 1. The van der Waals surface area contributed by atoms with Crippen molar-refractivity contribution in [3.05, 3.63) is 58.4 Å². The molecule has 1 amide bonds. The second-order valence-electron chi connectivity index (χ2n) is 4.37. The van der Waals surface area contributed by atoms with Gasteiger partial charge in [0.25, 0.3) is 0 Å². The van der Waals surface area contributed by atoms with Crippen LogP contribution in [0.25, 0.3) is 0 Å². The zero-order valence-corrected chi connectivity index (χ0v) is 12.1. The normalized spacial score (nSPS) is 10.2. The number of nitrogens with two attached hydrogens (primary N) is 1. The molecule has 0 aromatic heterocycles. The van der Waals surface area contributed by atoms with Crippen molar-refractivity contribution in [2.24, 2.45) is 5.73 Å². The summed E-state index contributed by atoms with van der Waals surface area (Å²) in [5, 5.41) is 3.36. The quantitative estimate of drug-likeness (QED) is 0.891. The lowest BCUT2D eigenvalue weighted by Gasteiger charge is -2.12. The number of ether oxygens (including phenoxy) is 1. The molecule has 0 atom stereocenters. The maximum Gasteiger partial charge on any atom is 0.248 e. The molecule has 0 saturated heterocycles. The molecule has 2 rings (SSSR count). The van der Waals surface area contributed by atoms with Gasteiger partial charge in [0, 0.05) is 22.7 Å². The number of carbonyl (C=O) groups excluding carboxylic acids is 1. The number of nitrogens with one attached hydrogen (secondary N) is 1. The molecule has 0 radical (unpaired) electrons. The van der Waals surface area contributed by atoms with E-state index in [0.717, 1.165) is 0 Å². The molecule has 0 bridgehead atoms. The number of hydrogen-bond acceptors (Lipinski definition) is 3. The van der Waals surface area contributed by atoms with Crippen LogP contribution in [-0.2, 0) is 6.54 Å². The molecule has 0 saturated carbocycles. The van der Waals surface area contributed by atoms with E-state index >= 15 is 0 Å². The Hall–Kier alpha value is -2.27. The Labute approximate surface area is 126 Å². The van der Waals surface area contributed by atoms with Crippen LogP contribution in [-0.4, -0.2) is 13.0 Å². The Balaban J connectivity index is 2.22. The largest absolute Gasteiger partial charge is 0.495 e. The molecule has 0 aliphatic heterocycles. The molecule has 0 heterocycles. The molecule has 0 aliphatic rings. The summed E-state index contributed by atoms with van der Waals surface area (Å²) in [5.41, 5.74) is 6.59. The Morgan fingerprint density at radius 3 is 2.71 bits per heavy atom. The second kappa shape index (κ2) is 6.45. The van der Waals surface area contributed by atoms with E-state index in [1.54, 1.807) is 30.3 Å². The molecule has 0 aliphatic carbocycles. The number of hydrogen-bond donors (Lipinski definition) is 2. The van der Waals surface area contributed by atoms with Gasteiger partial charge in [-0.25, -0.2) is 4.39 Å². The third-order valence-corrected chi connectivity index (χ3v) is 3.20. The highest BCUT2D eigenvalue weighted by Gasteiger charge is 2.09. The zero-order valence-electron chi connectivity index (χ0n) is 11.3. The summed E-state index contributed by atoms with van der Waals surface area (Å²) >= 11 is 5.71. The van der Waals surface area contributed by atoms with Crippen molar-refractivity contribution in [3.63, 3.8) is 0 Å². The Bertz CT molecular complexity index is 677. The van der Waals surface area contributed by atoms with Crippen molar-refractivity contribution in [2.45, 2.75) is 6.54 Å². The Morgan fingerprint density at radius 2 is 2.10 bits per heavy atom. The van der Waals surface area contributed by atoms with Gasteiger partial charge in [0.1, 0.15) is 11.6 Å². The Morgan fingerprint density at radius 1 is 1.33 bits per heavy atom. The van der Waals surface area contributed by atoms with Gasteiger partial charge in [-0.3, -0.25) is 4.79 Å². The molecule has 110 valence electrons. The maximum atomic E-state index is 13.7. The molecule has 0 spiro atoms. The first-order valence-corrected chi connectivity index (χ1v) is 6.54. The third kappa shape index (κ3) is 3.64. The van der Waals surface area contributed by atoms with Gasteiger partial charge in [0.05, 0.1) is 12.8 Å². The monoisotopic (exact) mass is 308 g/mol. The van der Waals surface area contributed by atoms with E-state index in [0.29, 0.717) is 27.6 Å². The minimum atomic E-state index is -0.543. The molecule has 0 fully saturated rings. The topological polar surface area (TPSA) is 64.3 Å². The molecule has 4 nitrogen and oxygen atoms in total. The van der Waals surface area contributed by atoms with Crippen molar-refractivity contribution < 1.29 is 13.9 Å². The molecule has 0 unspecified atom stereocenters. The standard InChI is InChI=1S/C15H14ClFN2O2/c1-21-14-5-3-9(15(18)20)6-13(14)19-8-10-2-4-11(16)7-12(10)17/h2-7,19H,8H2,1H3,(H2,18,20). The van der Waals surface area contributed by atoms with Crippen LogP contribution in [0.3, 0.4) is 0 Å². The SMILES string of the molecule is COc1ccc(C(N)=O)cc1NCc1ccc(Cl)cc1F. The number of benzene rings is 2. The summed E-state index contributed by atoms with van der Waals surface area (Å²) in [5.74, 6) is -0.409. The average Bonchev–Trinajstić information content (AvgIpc) is 2.46. The van der Waals surface area contributed by atoms with Gasteiger partial charge < -0.3 is 15.8 Å². The summed E-state index contributed by atoms with van der Waals surface area (Å²) < 4.78 is 18.9. The highest BCUT2D eigenvalue weighted by Crippen LogP contribution is 2.26. The molecular formula is C15H14ClFN2O2. The number of halogens is 2. The molecular weight excluding hydrogens is 295 g/mol. The van der Waals surface area contributed by atoms with Crippen LogP contribution in [0.5, 0.6) is 5.75 Å². The van der Waals surface area contributed by atoms with Crippen LogP contribution in [0.4, 0.5) is 10.1 Å². The molecule has 2 aromatic rings. The molecule has 2 aromatic carbocycles. The van der Waals surface area contributed by atoms with Crippen LogP contribution < -0.4 is 15.8 Å². The predicted molar refractivity (Wildman–Crippen MR) is 80.2 cm³/mol. The Kier molecular flexibility index (Phi) is 4.65. The van der Waals surface area contributed by atoms with Crippen LogP contribution in [0.1, 0.15) is 15.9 Å². The first-order chi connectivity index (χ1) is 10.0. The van der Waals surface area contributed by atoms with E-state index in [1.165, 1.54) is 13.2 Å². The first-order valence-electron chi connectivity index (χ1n) is 6.17. The van der Waals surface area contributed by atoms with Gasteiger partial charge in [0.2, 0.25) is 5.91 Å². The van der Waals surface area contributed by atoms with Crippen molar-refractivity contribution >= 4 is 23.2 Å². The van der Waals surface area contributed by atoms with E-state index < -0.39 is 11.7 Å². The smallest absolute Gasteiger partial charge is 0.248 e. The van der Waals surface area contributed by atoms with Gasteiger partial charge in [-0.15, -0.1) is 0 Å². The van der Waals surface area contributed by atoms with E-state index in [-0.39, 0.29) is 6.54 Å². The zero-order chi connectivity index (χ0) is 15.4. The molecule has 6 heteroatoms. The fourth-order valence-corrected chi connectivity index (χ4v) is 2.01. The highest BCUT2D eigenvalue weighted by atomic mass is 35.5.